The number of carbonyl (C=O) groups excluding carboxylic acids is 2. The van der Waals surface area contributed by atoms with Crippen LogP contribution < -0.4 is 0 Å². The van der Waals surface area contributed by atoms with Crippen LogP contribution in [0.3, 0.4) is 0 Å². The van der Waals surface area contributed by atoms with E-state index in [1.54, 1.807) is 6.92 Å². The summed E-state index contributed by atoms with van der Waals surface area (Å²) in [5.41, 5.74) is 3.09. The number of carbonyl (C=O) groups is 2. The summed E-state index contributed by atoms with van der Waals surface area (Å²) in [7, 11) is 0. The summed E-state index contributed by atoms with van der Waals surface area (Å²) in [6, 6.07) is 10.3. The van der Waals surface area contributed by atoms with E-state index in [0.29, 0.717) is 12.2 Å². The van der Waals surface area contributed by atoms with E-state index in [9.17, 15) is 14.9 Å². The van der Waals surface area contributed by atoms with Crippen LogP contribution in [0.2, 0.25) is 0 Å². The third kappa shape index (κ3) is 4.91. The number of nitrogens with zero attached hydrogens (tertiary/aromatic N) is 4. The summed E-state index contributed by atoms with van der Waals surface area (Å²) >= 11 is 0. The number of fused-ring (bicyclic) bond motifs is 1. The minimum Gasteiger partial charge on any atom is -0.465 e. The zero-order valence-corrected chi connectivity index (χ0v) is 19.8. The van der Waals surface area contributed by atoms with Gasteiger partial charge in [0.15, 0.2) is 0 Å². The van der Waals surface area contributed by atoms with Crippen LogP contribution in [0.15, 0.2) is 24.3 Å². The van der Waals surface area contributed by atoms with Gasteiger partial charge in [0.2, 0.25) is 5.91 Å². The molecule has 2 atom stereocenters. The minimum absolute atomic E-state index is 0.175. The van der Waals surface area contributed by atoms with Gasteiger partial charge in [-0.25, -0.2) is 0 Å². The zero-order chi connectivity index (χ0) is 23.4. The van der Waals surface area contributed by atoms with Crippen molar-refractivity contribution in [2.45, 2.75) is 71.0 Å². The van der Waals surface area contributed by atoms with Gasteiger partial charge < -0.3 is 14.2 Å². The summed E-state index contributed by atoms with van der Waals surface area (Å²) in [6.45, 7) is 6.97. The summed E-state index contributed by atoms with van der Waals surface area (Å²) in [5.74, 6) is -0.0730. The number of esters is 1. The molecular formula is C26H34N4O3. The SMILES string of the molecule is CCOC(=O)CN1CCCC1C(=O)N1CCCC1CCc1cc2cc(C#N)ccc2n1CC. The van der Waals surface area contributed by atoms with Crippen LogP contribution >= 0.6 is 0 Å². The van der Waals surface area contributed by atoms with Gasteiger partial charge in [-0.05, 0) is 83.2 Å². The third-order valence-corrected chi connectivity index (χ3v) is 7.11. The Morgan fingerprint density at radius 1 is 1.15 bits per heavy atom. The number of rotatable bonds is 8. The van der Waals surface area contributed by atoms with Gasteiger partial charge in [-0.3, -0.25) is 14.5 Å². The molecule has 0 bridgehead atoms. The highest BCUT2D eigenvalue weighted by atomic mass is 16.5. The average Bonchev–Trinajstić information content (AvgIpc) is 3.54. The van der Waals surface area contributed by atoms with E-state index in [4.69, 9.17) is 4.74 Å². The zero-order valence-electron chi connectivity index (χ0n) is 19.8. The fourth-order valence-corrected chi connectivity index (χ4v) is 5.58. The van der Waals surface area contributed by atoms with Crippen molar-refractivity contribution in [3.63, 3.8) is 0 Å². The Balaban J connectivity index is 1.43. The van der Waals surface area contributed by atoms with E-state index in [1.165, 1.54) is 5.69 Å². The molecule has 4 rings (SSSR count). The molecule has 2 saturated heterocycles. The van der Waals surface area contributed by atoms with Crippen LogP contribution in [0.5, 0.6) is 0 Å². The number of nitriles is 1. The fourth-order valence-electron chi connectivity index (χ4n) is 5.58. The molecule has 0 saturated carbocycles. The lowest BCUT2D eigenvalue weighted by molar-refractivity contribution is -0.146. The number of benzene rings is 1. The summed E-state index contributed by atoms with van der Waals surface area (Å²) < 4.78 is 7.42. The minimum atomic E-state index is -0.248. The van der Waals surface area contributed by atoms with Gasteiger partial charge in [0.25, 0.3) is 0 Å². The second-order valence-corrected chi connectivity index (χ2v) is 9.07. The maximum atomic E-state index is 13.4. The molecule has 1 aromatic heterocycles. The Labute approximate surface area is 195 Å². The number of hydrogen-bond acceptors (Lipinski definition) is 5. The molecule has 2 aromatic rings. The first kappa shape index (κ1) is 23.3. The molecule has 2 aliphatic heterocycles. The average molecular weight is 451 g/mol. The molecular weight excluding hydrogens is 416 g/mol. The molecule has 2 aliphatic rings. The van der Waals surface area contributed by atoms with Crippen LogP contribution in [-0.4, -0.2) is 64.6 Å². The predicted molar refractivity (Wildman–Crippen MR) is 127 cm³/mol. The lowest BCUT2D eigenvalue weighted by atomic mass is 10.1. The van der Waals surface area contributed by atoms with Gasteiger partial charge in [-0.1, -0.05) is 0 Å². The standard InChI is InChI=1S/C26H34N4O3/c1-3-29-22(16-20-15-19(17-27)9-12-23(20)29)11-10-21-7-5-14-30(21)26(32)24-8-6-13-28(24)18-25(31)33-4-2/h9,12,15-16,21,24H,3-8,10-11,13-14,18H2,1-2H3. The maximum absolute atomic E-state index is 13.4. The van der Waals surface area contributed by atoms with E-state index < -0.39 is 0 Å². The monoisotopic (exact) mass is 450 g/mol. The van der Waals surface area contributed by atoms with Gasteiger partial charge >= 0.3 is 5.97 Å². The lowest BCUT2D eigenvalue weighted by Gasteiger charge is -2.31. The Kier molecular flexibility index (Phi) is 7.34. The Morgan fingerprint density at radius 2 is 1.97 bits per heavy atom. The van der Waals surface area contributed by atoms with Gasteiger partial charge in [0.1, 0.15) is 0 Å². The number of aromatic nitrogens is 1. The second-order valence-electron chi connectivity index (χ2n) is 9.07. The fraction of sp³-hybridized carbons (Fsp3) is 0.577. The number of hydrogen-bond donors (Lipinski definition) is 0. The van der Waals surface area contributed by atoms with E-state index in [2.05, 4.69) is 28.5 Å². The number of ether oxygens (including phenoxy) is 1. The topological polar surface area (TPSA) is 78.6 Å². The normalized spacial score (nSPS) is 20.9. The van der Waals surface area contributed by atoms with Crippen molar-refractivity contribution in [1.29, 1.82) is 5.26 Å². The molecule has 7 nitrogen and oxygen atoms in total. The van der Waals surface area contributed by atoms with Gasteiger partial charge in [-0.2, -0.15) is 5.26 Å². The summed E-state index contributed by atoms with van der Waals surface area (Å²) in [6.07, 6.45) is 5.64. The Morgan fingerprint density at radius 3 is 2.73 bits per heavy atom. The summed E-state index contributed by atoms with van der Waals surface area (Å²) in [5, 5.41) is 10.3. The Bertz CT molecular complexity index is 1050. The van der Waals surface area contributed by atoms with E-state index in [0.717, 1.165) is 69.1 Å². The van der Waals surface area contributed by atoms with E-state index >= 15 is 0 Å². The lowest BCUT2D eigenvalue weighted by Crippen LogP contribution is -2.48. The highest BCUT2D eigenvalue weighted by Crippen LogP contribution is 2.28. The highest BCUT2D eigenvalue weighted by Gasteiger charge is 2.38. The van der Waals surface area contributed by atoms with Crippen molar-refractivity contribution in [1.82, 2.24) is 14.4 Å². The second kappa shape index (κ2) is 10.4. The maximum Gasteiger partial charge on any atom is 0.320 e. The first-order valence-corrected chi connectivity index (χ1v) is 12.3. The highest BCUT2D eigenvalue weighted by molar-refractivity contribution is 5.84. The van der Waals surface area contributed by atoms with Crippen LogP contribution in [0, 0.1) is 11.3 Å². The van der Waals surface area contributed by atoms with Gasteiger partial charge in [-0.15, -0.1) is 0 Å². The van der Waals surface area contributed by atoms with Crippen molar-refractivity contribution in [3.8, 4) is 6.07 Å². The van der Waals surface area contributed by atoms with Crippen LogP contribution in [-0.2, 0) is 27.3 Å². The molecule has 3 heterocycles. The number of likely N-dealkylation sites (tertiary alicyclic amines) is 2. The van der Waals surface area contributed by atoms with Crippen LogP contribution in [0.4, 0.5) is 0 Å². The van der Waals surface area contributed by atoms with E-state index in [-0.39, 0.29) is 30.5 Å². The number of aryl methyl sites for hydroxylation is 2. The van der Waals surface area contributed by atoms with Crippen LogP contribution in [0.25, 0.3) is 10.9 Å². The number of amides is 1. The molecule has 176 valence electrons. The summed E-state index contributed by atoms with van der Waals surface area (Å²) in [4.78, 5) is 29.5. The molecule has 1 amide bonds. The van der Waals surface area contributed by atoms with Gasteiger partial charge in [0.05, 0.1) is 30.8 Å². The molecule has 1 aromatic carbocycles. The molecule has 7 heteroatoms. The van der Waals surface area contributed by atoms with Crippen molar-refractivity contribution in [3.05, 3.63) is 35.5 Å². The third-order valence-electron chi connectivity index (χ3n) is 7.11. The van der Waals surface area contributed by atoms with E-state index in [1.807, 2.05) is 23.1 Å². The molecule has 2 unspecified atom stereocenters. The van der Waals surface area contributed by atoms with Crippen molar-refractivity contribution in [2.75, 3.05) is 26.2 Å². The first-order valence-electron chi connectivity index (χ1n) is 12.3. The van der Waals surface area contributed by atoms with Gasteiger partial charge in [0, 0.05) is 35.7 Å². The molecule has 0 aliphatic carbocycles. The molecule has 2 fully saturated rings. The van der Waals surface area contributed by atoms with Crippen molar-refractivity contribution >= 4 is 22.8 Å². The smallest absolute Gasteiger partial charge is 0.320 e. The van der Waals surface area contributed by atoms with Crippen LogP contribution in [0.1, 0.15) is 57.2 Å². The van der Waals surface area contributed by atoms with Crippen molar-refractivity contribution in [2.24, 2.45) is 0 Å². The molecule has 0 spiro atoms. The molecule has 33 heavy (non-hydrogen) atoms. The Hall–Kier alpha value is -2.85. The molecule has 0 N–H and O–H groups in total. The molecule has 0 radical (unpaired) electrons. The predicted octanol–water partition coefficient (Wildman–Crippen LogP) is 3.48. The van der Waals surface area contributed by atoms with Crippen molar-refractivity contribution < 1.29 is 14.3 Å². The largest absolute Gasteiger partial charge is 0.465 e. The first-order chi connectivity index (χ1) is 16.0. The quantitative estimate of drug-likeness (QED) is 0.576.